The van der Waals surface area contributed by atoms with Crippen LogP contribution in [0, 0.1) is 0 Å². The molecule has 0 aliphatic heterocycles. The van der Waals surface area contributed by atoms with Crippen molar-refractivity contribution in [2.75, 3.05) is 19.5 Å². The number of aromatic nitrogens is 4. The zero-order valence-corrected chi connectivity index (χ0v) is 14.3. The van der Waals surface area contributed by atoms with E-state index in [4.69, 9.17) is 21.1 Å². The first kappa shape index (κ1) is 15.5. The summed E-state index contributed by atoms with van der Waals surface area (Å²) in [4.78, 5) is 4.65. The molecule has 0 aliphatic carbocycles. The first-order chi connectivity index (χ1) is 12.2. The molecule has 0 radical (unpaired) electrons. The van der Waals surface area contributed by atoms with E-state index in [1.54, 1.807) is 32.7 Å². The van der Waals surface area contributed by atoms with Crippen molar-refractivity contribution >= 4 is 39.8 Å². The molecular weight excluding hydrogens is 342 g/mol. The molecule has 25 heavy (non-hydrogen) atoms. The average molecular weight is 356 g/mol. The van der Waals surface area contributed by atoms with Crippen LogP contribution in [0.1, 0.15) is 0 Å². The number of anilines is 2. The number of fused-ring (bicyclic) bond motifs is 3. The van der Waals surface area contributed by atoms with E-state index in [2.05, 4.69) is 20.5 Å². The maximum Gasteiger partial charge on any atom is 0.204 e. The largest absolute Gasteiger partial charge is 0.497 e. The van der Waals surface area contributed by atoms with E-state index in [1.165, 1.54) is 0 Å². The third-order valence-electron chi connectivity index (χ3n) is 3.80. The van der Waals surface area contributed by atoms with Crippen LogP contribution in [0.3, 0.4) is 0 Å². The number of halogens is 1. The number of hydrogen-bond donors (Lipinski definition) is 1. The van der Waals surface area contributed by atoms with Crippen LogP contribution in [0.15, 0.2) is 42.7 Å². The third kappa shape index (κ3) is 2.78. The normalized spacial score (nSPS) is 11.0. The Labute approximate surface area is 148 Å². The number of hydrogen-bond acceptors (Lipinski definition) is 6. The predicted molar refractivity (Wildman–Crippen MR) is 96.1 cm³/mol. The summed E-state index contributed by atoms with van der Waals surface area (Å²) in [6.07, 6.45) is 1.63. The van der Waals surface area contributed by atoms with Crippen molar-refractivity contribution in [2.24, 2.45) is 0 Å². The fourth-order valence-corrected chi connectivity index (χ4v) is 2.79. The van der Waals surface area contributed by atoms with Crippen molar-refractivity contribution in [1.82, 2.24) is 19.6 Å². The number of rotatable bonds is 4. The van der Waals surface area contributed by atoms with Crippen LogP contribution in [0.2, 0.25) is 5.02 Å². The third-order valence-corrected chi connectivity index (χ3v) is 4.04. The van der Waals surface area contributed by atoms with Crippen molar-refractivity contribution < 1.29 is 9.47 Å². The van der Waals surface area contributed by atoms with Gasteiger partial charge in [0, 0.05) is 28.9 Å². The minimum absolute atomic E-state index is 0.572. The summed E-state index contributed by atoms with van der Waals surface area (Å²) in [5.41, 5.74) is 2.97. The lowest BCUT2D eigenvalue weighted by Gasteiger charge is -2.12. The quantitative estimate of drug-likeness (QED) is 0.601. The zero-order chi connectivity index (χ0) is 17.4. The van der Waals surface area contributed by atoms with E-state index < -0.39 is 0 Å². The molecule has 4 rings (SSSR count). The summed E-state index contributed by atoms with van der Waals surface area (Å²) in [5.74, 6) is 1.92. The molecule has 2 aromatic heterocycles. The molecule has 4 aromatic rings. The van der Waals surface area contributed by atoms with Gasteiger partial charge in [0.05, 0.1) is 25.3 Å². The van der Waals surface area contributed by atoms with Crippen LogP contribution in [0.25, 0.3) is 16.7 Å². The molecule has 7 nitrogen and oxygen atoms in total. The highest BCUT2D eigenvalue weighted by atomic mass is 35.5. The molecule has 0 saturated carbocycles. The Morgan fingerprint density at radius 3 is 2.52 bits per heavy atom. The van der Waals surface area contributed by atoms with Crippen LogP contribution in [0.4, 0.5) is 11.5 Å². The molecule has 0 aliphatic rings. The van der Waals surface area contributed by atoms with Gasteiger partial charge in [-0.1, -0.05) is 11.6 Å². The maximum absolute atomic E-state index is 6.10. The molecule has 0 spiro atoms. The Kier molecular flexibility index (Phi) is 3.77. The number of benzene rings is 2. The Hall–Kier alpha value is -3.06. The van der Waals surface area contributed by atoms with E-state index in [0.717, 1.165) is 16.7 Å². The Morgan fingerprint density at radius 1 is 1.04 bits per heavy atom. The molecule has 8 heteroatoms. The van der Waals surface area contributed by atoms with Crippen molar-refractivity contribution in [2.45, 2.75) is 0 Å². The lowest BCUT2D eigenvalue weighted by molar-refractivity contribution is 0.395. The molecule has 2 aromatic carbocycles. The highest BCUT2D eigenvalue weighted by molar-refractivity contribution is 6.31. The first-order valence-electron chi connectivity index (χ1n) is 7.47. The molecule has 0 amide bonds. The summed E-state index contributed by atoms with van der Waals surface area (Å²) in [6, 6.07) is 11.0. The number of nitrogens with zero attached hydrogens (tertiary/aromatic N) is 4. The molecule has 0 atom stereocenters. The summed E-state index contributed by atoms with van der Waals surface area (Å²) in [6.45, 7) is 0. The van der Waals surface area contributed by atoms with Gasteiger partial charge in [0.2, 0.25) is 5.65 Å². The first-order valence-corrected chi connectivity index (χ1v) is 7.85. The minimum Gasteiger partial charge on any atom is -0.497 e. The molecule has 2 heterocycles. The smallest absolute Gasteiger partial charge is 0.204 e. The van der Waals surface area contributed by atoms with E-state index in [1.807, 2.05) is 28.7 Å². The lowest BCUT2D eigenvalue weighted by atomic mass is 10.2. The Bertz CT molecular complexity index is 1060. The molecule has 0 bridgehead atoms. The van der Waals surface area contributed by atoms with Gasteiger partial charge in [0.25, 0.3) is 0 Å². The number of methoxy groups -OCH3 is 2. The van der Waals surface area contributed by atoms with Crippen LogP contribution < -0.4 is 14.8 Å². The van der Waals surface area contributed by atoms with Gasteiger partial charge in [-0.2, -0.15) is 0 Å². The van der Waals surface area contributed by atoms with Crippen LogP contribution in [-0.4, -0.2) is 33.8 Å². The van der Waals surface area contributed by atoms with E-state index in [0.29, 0.717) is 28.0 Å². The minimum atomic E-state index is 0.572. The van der Waals surface area contributed by atoms with Gasteiger partial charge in [-0.25, -0.2) is 4.98 Å². The summed E-state index contributed by atoms with van der Waals surface area (Å²) in [7, 11) is 3.21. The summed E-state index contributed by atoms with van der Waals surface area (Å²) in [5, 5.41) is 12.0. The number of ether oxygens (including phenoxy) is 2. The average Bonchev–Trinajstić information content (AvgIpc) is 3.12. The van der Waals surface area contributed by atoms with Gasteiger partial charge in [-0.15, -0.1) is 10.2 Å². The molecule has 0 fully saturated rings. The molecule has 1 N–H and O–H groups in total. The van der Waals surface area contributed by atoms with E-state index in [9.17, 15) is 0 Å². The van der Waals surface area contributed by atoms with Crippen LogP contribution >= 0.6 is 11.6 Å². The monoisotopic (exact) mass is 355 g/mol. The standard InChI is InChI=1S/C17H14ClN5O2/c1-24-12-6-11(7-13(8-12)25-2)20-16-17-22-19-9-23(17)15-5-10(18)3-4-14(15)21-16/h3-9H,1-2H3,(H,20,21). The Morgan fingerprint density at radius 2 is 1.80 bits per heavy atom. The summed E-state index contributed by atoms with van der Waals surface area (Å²) < 4.78 is 12.4. The second-order valence-corrected chi connectivity index (χ2v) is 5.78. The van der Waals surface area contributed by atoms with Crippen LogP contribution in [0.5, 0.6) is 11.5 Å². The lowest BCUT2D eigenvalue weighted by Crippen LogP contribution is -2.00. The van der Waals surface area contributed by atoms with Gasteiger partial charge >= 0.3 is 0 Å². The van der Waals surface area contributed by atoms with Gasteiger partial charge < -0.3 is 14.8 Å². The highest BCUT2D eigenvalue weighted by Crippen LogP contribution is 2.30. The molecule has 0 saturated heterocycles. The van der Waals surface area contributed by atoms with Gasteiger partial charge in [0.1, 0.15) is 17.8 Å². The zero-order valence-electron chi connectivity index (χ0n) is 13.5. The van der Waals surface area contributed by atoms with Gasteiger partial charge in [-0.3, -0.25) is 4.40 Å². The van der Waals surface area contributed by atoms with Crippen molar-refractivity contribution in [3.63, 3.8) is 0 Å². The second kappa shape index (κ2) is 6.10. The van der Waals surface area contributed by atoms with E-state index in [-0.39, 0.29) is 0 Å². The van der Waals surface area contributed by atoms with Crippen molar-refractivity contribution in [3.8, 4) is 11.5 Å². The Balaban J connectivity index is 1.86. The molecule has 126 valence electrons. The van der Waals surface area contributed by atoms with Crippen LogP contribution in [-0.2, 0) is 0 Å². The predicted octanol–water partition coefficient (Wildman–Crippen LogP) is 3.69. The van der Waals surface area contributed by atoms with Gasteiger partial charge in [0.15, 0.2) is 5.82 Å². The summed E-state index contributed by atoms with van der Waals surface area (Å²) >= 11 is 6.10. The maximum atomic E-state index is 6.10. The molecule has 0 unspecified atom stereocenters. The highest BCUT2D eigenvalue weighted by Gasteiger charge is 2.12. The SMILES string of the molecule is COc1cc(Nc2nc3ccc(Cl)cc3n3cnnc23)cc(OC)c1. The molecular formula is C17H14ClN5O2. The number of nitrogens with one attached hydrogen (secondary N) is 1. The van der Waals surface area contributed by atoms with Gasteiger partial charge in [-0.05, 0) is 18.2 Å². The topological polar surface area (TPSA) is 73.6 Å². The van der Waals surface area contributed by atoms with E-state index >= 15 is 0 Å². The van der Waals surface area contributed by atoms with Crippen molar-refractivity contribution in [3.05, 3.63) is 47.7 Å². The fraction of sp³-hybridized carbons (Fsp3) is 0.118. The van der Waals surface area contributed by atoms with Crippen molar-refractivity contribution in [1.29, 1.82) is 0 Å². The fourth-order valence-electron chi connectivity index (χ4n) is 2.63. The second-order valence-electron chi connectivity index (χ2n) is 5.34.